The third-order valence-corrected chi connectivity index (χ3v) is 4.26. The fourth-order valence-electron chi connectivity index (χ4n) is 2.13. The molecule has 1 unspecified atom stereocenters. The van der Waals surface area contributed by atoms with Gasteiger partial charge in [-0.05, 0) is 49.4 Å². The van der Waals surface area contributed by atoms with E-state index in [1.807, 2.05) is 0 Å². The fraction of sp³-hybridized carbons (Fsp3) is 0.429. The Morgan fingerprint density at radius 2 is 2.05 bits per heavy atom. The SMILES string of the molecule is CC(NC(=O)NCc1cc(Cl)ccc1Cl)(C(=O)O)C1CC1. The van der Waals surface area contributed by atoms with E-state index in [0.29, 0.717) is 15.6 Å². The van der Waals surface area contributed by atoms with Gasteiger partial charge in [-0.25, -0.2) is 9.59 Å². The number of carbonyl (C=O) groups excluding carboxylic acids is 1. The Labute approximate surface area is 132 Å². The monoisotopic (exact) mass is 330 g/mol. The number of carboxylic acids is 1. The molecule has 0 bridgehead atoms. The van der Waals surface area contributed by atoms with Crippen LogP contribution in [0.15, 0.2) is 18.2 Å². The molecule has 1 aromatic rings. The fourth-order valence-corrected chi connectivity index (χ4v) is 2.50. The molecule has 7 heteroatoms. The average Bonchev–Trinajstić information content (AvgIpc) is 3.24. The topological polar surface area (TPSA) is 78.4 Å². The minimum atomic E-state index is -1.23. The van der Waals surface area contributed by atoms with Crippen molar-refractivity contribution in [3.8, 4) is 0 Å². The number of halogens is 2. The second kappa shape index (κ2) is 6.12. The van der Waals surface area contributed by atoms with Gasteiger partial charge in [0.25, 0.3) is 0 Å². The standard InChI is InChI=1S/C14H16Cl2N2O3/c1-14(12(19)20,9-2-3-9)18-13(21)17-7-8-6-10(15)4-5-11(8)16/h4-6,9H,2-3,7H2,1H3,(H,19,20)(H2,17,18,21). The van der Waals surface area contributed by atoms with E-state index in [9.17, 15) is 14.7 Å². The van der Waals surface area contributed by atoms with E-state index in [4.69, 9.17) is 23.2 Å². The molecule has 0 heterocycles. The normalized spacial score (nSPS) is 16.9. The van der Waals surface area contributed by atoms with Crippen LogP contribution < -0.4 is 10.6 Å². The highest BCUT2D eigenvalue weighted by Crippen LogP contribution is 2.39. The number of amides is 2. The van der Waals surface area contributed by atoms with Crippen LogP contribution in [0, 0.1) is 5.92 Å². The van der Waals surface area contributed by atoms with E-state index in [2.05, 4.69) is 10.6 Å². The summed E-state index contributed by atoms with van der Waals surface area (Å²) in [7, 11) is 0. The predicted molar refractivity (Wildman–Crippen MR) is 80.6 cm³/mol. The maximum atomic E-state index is 11.9. The second-order valence-electron chi connectivity index (χ2n) is 5.33. The van der Waals surface area contributed by atoms with E-state index in [0.717, 1.165) is 12.8 Å². The van der Waals surface area contributed by atoms with Crippen LogP contribution in [0.5, 0.6) is 0 Å². The number of urea groups is 1. The minimum Gasteiger partial charge on any atom is -0.480 e. The van der Waals surface area contributed by atoms with Crippen molar-refractivity contribution in [2.24, 2.45) is 5.92 Å². The van der Waals surface area contributed by atoms with Gasteiger partial charge in [-0.1, -0.05) is 23.2 Å². The quantitative estimate of drug-likeness (QED) is 0.776. The molecule has 1 aliphatic carbocycles. The maximum absolute atomic E-state index is 11.9. The highest BCUT2D eigenvalue weighted by atomic mass is 35.5. The molecule has 0 aliphatic heterocycles. The van der Waals surface area contributed by atoms with Gasteiger partial charge < -0.3 is 15.7 Å². The largest absolute Gasteiger partial charge is 0.480 e. The third kappa shape index (κ3) is 3.80. The van der Waals surface area contributed by atoms with Crippen LogP contribution in [-0.4, -0.2) is 22.6 Å². The summed E-state index contributed by atoms with van der Waals surface area (Å²) >= 11 is 11.9. The number of benzene rings is 1. The van der Waals surface area contributed by atoms with Crippen molar-refractivity contribution < 1.29 is 14.7 Å². The molecule has 1 saturated carbocycles. The number of hydrogen-bond donors (Lipinski definition) is 3. The molecule has 0 aromatic heterocycles. The molecule has 3 N–H and O–H groups in total. The lowest BCUT2D eigenvalue weighted by Crippen LogP contribution is -2.56. The van der Waals surface area contributed by atoms with Gasteiger partial charge >= 0.3 is 12.0 Å². The lowest BCUT2D eigenvalue weighted by Gasteiger charge is -2.26. The Bertz CT molecular complexity index is 575. The molecule has 114 valence electrons. The summed E-state index contributed by atoms with van der Waals surface area (Å²) < 4.78 is 0. The first kappa shape index (κ1) is 15.9. The molecular weight excluding hydrogens is 315 g/mol. The van der Waals surface area contributed by atoms with Crippen molar-refractivity contribution in [1.82, 2.24) is 10.6 Å². The van der Waals surface area contributed by atoms with Crippen LogP contribution in [0.25, 0.3) is 0 Å². The number of carbonyl (C=O) groups is 2. The molecule has 0 saturated heterocycles. The van der Waals surface area contributed by atoms with Gasteiger partial charge in [0.05, 0.1) is 0 Å². The van der Waals surface area contributed by atoms with Crippen molar-refractivity contribution >= 4 is 35.2 Å². The summed E-state index contributed by atoms with van der Waals surface area (Å²) in [6, 6.07) is 4.41. The molecule has 2 amide bonds. The zero-order valence-electron chi connectivity index (χ0n) is 11.5. The average molecular weight is 331 g/mol. The summed E-state index contributed by atoms with van der Waals surface area (Å²) in [6.45, 7) is 1.70. The van der Waals surface area contributed by atoms with Crippen LogP contribution in [-0.2, 0) is 11.3 Å². The molecule has 1 fully saturated rings. The minimum absolute atomic E-state index is 0.0180. The second-order valence-corrected chi connectivity index (χ2v) is 6.17. The molecule has 0 radical (unpaired) electrons. The number of carboxylic acid groups (broad SMARTS) is 1. The molecule has 0 spiro atoms. The van der Waals surface area contributed by atoms with Gasteiger partial charge in [-0.2, -0.15) is 0 Å². The first-order valence-electron chi connectivity index (χ1n) is 6.56. The number of rotatable bonds is 5. The van der Waals surface area contributed by atoms with Crippen LogP contribution in [0.4, 0.5) is 4.79 Å². The molecule has 1 aliphatic rings. The van der Waals surface area contributed by atoms with Gasteiger partial charge in [-0.3, -0.25) is 0 Å². The van der Waals surface area contributed by atoms with E-state index < -0.39 is 17.5 Å². The highest BCUT2D eigenvalue weighted by molar-refractivity contribution is 6.33. The van der Waals surface area contributed by atoms with E-state index in [1.165, 1.54) is 6.92 Å². The van der Waals surface area contributed by atoms with Gasteiger partial charge in [0.2, 0.25) is 0 Å². The van der Waals surface area contributed by atoms with Crippen molar-refractivity contribution in [3.63, 3.8) is 0 Å². The van der Waals surface area contributed by atoms with Crippen LogP contribution in [0.3, 0.4) is 0 Å². The Morgan fingerprint density at radius 3 is 2.62 bits per heavy atom. The van der Waals surface area contributed by atoms with Gasteiger partial charge in [0.15, 0.2) is 0 Å². The van der Waals surface area contributed by atoms with E-state index in [-0.39, 0.29) is 12.5 Å². The van der Waals surface area contributed by atoms with E-state index >= 15 is 0 Å². The highest BCUT2D eigenvalue weighted by Gasteiger charge is 2.48. The van der Waals surface area contributed by atoms with Gasteiger partial charge in [-0.15, -0.1) is 0 Å². The van der Waals surface area contributed by atoms with Gasteiger partial charge in [0, 0.05) is 16.6 Å². The summed E-state index contributed by atoms with van der Waals surface area (Å²) in [4.78, 5) is 23.2. The zero-order valence-corrected chi connectivity index (χ0v) is 13.0. The van der Waals surface area contributed by atoms with Crippen molar-refractivity contribution in [2.75, 3.05) is 0 Å². The number of hydrogen-bond acceptors (Lipinski definition) is 2. The smallest absolute Gasteiger partial charge is 0.329 e. The van der Waals surface area contributed by atoms with Gasteiger partial charge in [0.1, 0.15) is 5.54 Å². The summed E-state index contributed by atoms with van der Waals surface area (Å²) in [5.41, 5.74) is -0.565. The lowest BCUT2D eigenvalue weighted by atomic mass is 9.96. The molecule has 2 rings (SSSR count). The molecule has 21 heavy (non-hydrogen) atoms. The van der Waals surface area contributed by atoms with Crippen molar-refractivity contribution in [2.45, 2.75) is 31.8 Å². The van der Waals surface area contributed by atoms with Crippen LogP contribution >= 0.6 is 23.2 Å². The van der Waals surface area contributed by atoms with Crippen LogP contribution in [0.2, 0.25) is 10.0 Å². The Balaban J connectivity index is 1.95. The molecule has 1 aromatic carbocycles. The van der Waals surface area contributed by atoms with Crippen molar-refractivity contribution in [3.05, 3.63) is 33.8 Å². The first-order chi connectivity index (χ1) is 9.83. The lowest BCUT2D eigenvalue weighted by molar-refractivity contribution is -0.144. The summed E-state index contributed by atoms with van der Waals surface area (Å²) in [5, 5.41) is 15.4. The molecular formula is C14H16Cl2N2O3. The zero-order chi connectivity index (χ0) is 15.6. The Hall–Kier alpha value is -1.46. The Morgan fingerprint density at radius 1 is 1.38 bits per heavy atom. The molecule has 5 nitrogen and oxygen atoms in total. The van der Waals surface area contributed by atoms with Crippen molar-refractivity contribution in [1.29, 1.82) is 0 Å². The number of aliphatic carboxylic acids is 1. The maximum Gasteiger partial charge on any atom is 0.329 e. The third-order valence-electron chi connectivity index (χ3n) is 3.66. The van der Waals surface area contributed by atoms with E-state index in [1.54, 1.807) is 18.2 Å². The predicted octanol–water partition coefficient (Wildman–Crippen LogP) is 3.05. The molecule has 1 atom stereocenters. The summed E-state index contributed by atoms with van der Waals surface area (Å²) in [5.74, 6) is -1.04. The first-order valence-corrected chi connectivity index (χ1v) is 7.32. The number of nitrogens with one attached hydrogen (secondary N) is 2. The summed E-state index contributed by atoms with van der Waals surface area (Å²) in [6.07, 6.45) is 1.62. The Kier molecular flexibility index (Phi) is 4.64. The van der Waals surface area contributed by atoms with Crippen LogP contribution in [0.1, 0.15) is 25.3 Å².